The summed E-state index contributed by atoms with van der Waals surface area (Å²) < 4.78 is 5.05. The zero-order valence-corrected chi connectivity index (χ0v) is 9.91. The van der Waals surface area contributed by atoms with E-state index in [9.17, 15) is 4.79 Å². The van der Waals surface area contributed by atoms with Crippen LogP contribution in [-0.4, -0.2) is 12.9 Å². The molecule has 0 bridgehead atoms. The molecule has 0 heterocycles. The van der Waals surface area contributed by atoms with Gasteiger partial charge in [0.2, 0.25) is 0 Å². The summed E-state index contributed by atoms with van der Waals surface area (Å²) in [5, 5.41) is 0. The molecule has 1 atom stereocenters. The highest BCUT2D eigenvalue weighted by atomic mass is 16.5. The molecule has 0 radical (unpaired) electrons. The van der Waals surface area contributed by atoms with Crippen molar-refractivity contribution in [1.82, 2.24) is 0 Å². The Balaban J connectivity index is 2.65. The molecule has 0 N–H and O–H groups in total. The molecule has 16 heavy (non-hydrogen) atoms. The molecule has 84 valence electrons. The summed E-state index contributed by atoms with van der Waals surface area (Å²) in [4.78, 5) is 10.9. The normalized spacial score (nSPS) is 11.2. The van der Waals surface area contributed by atoms with Gasteiger partial charge in [0, 0.05) is 17.9 Å². The molecule has 1 aromatic rings. The Kier molecular flexibility index (Phi) is 4.60. The number of ketones is 1. The van der Waals surface area contributed by atoms with Crippen LogP contribution in [0, 0.1) is 17.8 Å². The summed E-state index contributed by atoms with van der Waals surface area (Å²) in [5.41, 5.74) is 0.941. The lowest BCUT2D eigenvalue weighted by molar-refractivity contribution is -0.117. The summed E-state index contributed by atoms with van der Waals surface area (Å²) in [6.45, 7) is 3.55. The molecule has 0 aliphatic rings. The van der Waals surface area contributed by atoms with Gasteiger partial charge in [-0.25, -0.2) is 0 Å². The van der Waals surface area contributed by atoms with Crippen molar-refractivity contribution >= 4 is 5.78 Å². The molecule has 2 nitrogen and oxygen atoms in total. The van der Waals surface area contributed by atoms with E-state index in [4.69, 9.17) is 4.74 Å². The lowest BCUT2D eigenvalue weighted by atomic mass is 10.1. The monoisotopic (exact) mass is 216 g/mol. The molecule has 0 fully saturated rings. The van der Waals surface area contributed by atoms with Crippen LogP contribution in [0.4, 0.5) is 0 Å². The quantitative estimate of drug-likeness (QED) is 0.726. The summed E-state index contributed by atoms with van der Waals surface area (Å²) in [6, 6.07) is 7.57. The number of Topliss-reactive ketones (excluding diaryl/α,β-unsaturated/α-hetero) is 1. The second kappa shape index (κ2) is 5.97. The van der Waals surface area contributed by atoms with E-state index in [1.54, 1.807) is 14.0 Å². The largest absolute Gasteiger partial charge is 0.497 e. The van der Waals surface area contributed by atoms with Crippen LogP contribution >= 0.6 is 0 Å². The zero-order chi connectivity index (χ0) is 12.0. The van der Waals surface area contributed by atoms with E-state index in [1.807, 2.05) is 31.2 Å². The maximum atomic E-state index is 10.9. The third kappa shape index (κ3) is 4.18. The Bertz CT molecular complexity index is 407. The molecule has 2 heteroatoms. The maximum Gasteiger partial charge on any atom is 0.131 e. The minimum absolute atomic E-state index is 0.111. The molecule has 1 unspecified atom stereocenters. The number of carbonyl (C=O) groups excluding carboxylic acids is 1. The van der Waals surface area contributed by atoms with E-state index in [0.29, 0.717) is 6.42 Å². The highest BCUT2D eigenvalue weighted by molar-refractivity contribution is 5.76. The number of hydrogen-bond acceptors (Lipinski definition) is 2. The Hall–Kier alpha value is -1.75. The number of rotatable bonds is 3. The molecule has 0 saturated carbocycles. The van der Waals surface area contributed by atoms with Crippen molar-refractivity contribution in [2.24, 2.45) is 5.92 Å². The van der Waals surface area contributed by atoms with Crippen LogP contribution in [0.5, 0.6) is 5.75 Å². The molecule has 0 aliphatic heterocycles. The van der Waals surface area contributed by atoms with Gasteiger partial charge in [0.1, 0.15) is 11.5 Å². The van der Waals surface area contributed by atoms with E-state index in [0.717, 1.165) is 11.3 Å². The SMILES string of the molecule is COc1ccc(C#CC(C)CC(C)=O)cc1. The predicted octanol–water partition coefficient (Wildman–Crippen LogP) is 2.66. The first-order chi connectivity index (χ1) is 7.61. The Labute approximate surface area is 96.6 Å². The van der Waals surface area contributed by atoms with Gasteiger partial charge in [0.05, 0.1) is 7.11 Å². The first-order valence-corrected chi connectivity index (χ1v) is 5.27. The standard InChI is InChI=1S/C14H16O2/c1-11(10-12(2)15)4-5-13-6-8-14(16-3)9-7-13/h6-9,11H,10H2,1-3H3. The van der Waals surface area contributed by atoms with Crippen LogP contribution in [0.1, 0.15) is 25.8 Å². The highest BCUT2D eigenvalue weighted by Gasteiger charge is 2.00. The fraction of sp³-hybridized carbons (Fsp3) is 0.357. The second-order valence-electron chi connectivity index (χ2n) is 3.81. The van der Waals surface area contributed by atoms with Gasteiger partial charge in [-0.05, 0) is 31.2 Å². The highest BCUT2D eigenvalue weighted by Crippen LogP contribution is 2.10. The van der Waals surface area contributed by atoms with E-state index < -0.39 is 0 Å². The van der Waals surface area contributed by atoms with Gasteiger partial charge < -0.3 is 4.74 Å². The zero-order valence-electron chi connectivity index (χ0n) is 9.91. The molecule has 0 aromatic heterocycles. The van der Waals surface area contributed by atoms with Crippen LogP contribution in [0.15, 0.2) is 24.3 Å². The fourth-order valence-electron chi connectivity index (χ4n) is 1.36. The predicted molar refractivity (Wildman–Crippen MR) is 64.3 cm³/mol. The van der Waals surface area contributed by atoms with Gasteiger partial charge in [-0.1, -0.05) is 18.8 Å². The van der Waals surface area contributed by atoms with Crippen LogP contribution in [0.3, 0.4) is 0 Å². The average Bonchev–Trinajstić information content (AvgIpc) is 2.26. The van der Waals surface area contributed by atoms with Crippen molar-refractivity contribution in [2.45, 2.75) is 20.3 Å². The number of ether oxygens (including phenoxy) is 1. The van der Waals surface area contributed by atoms with Crippen molar-refractivity contribution in [3.8, 4) is 17.6 Å². The van der Waals surface area contributed by atoms with E-state index >= 15 is 0 Å². The van der Waals surface area contributed by atoms with E-state index in [1.165, 1.54) is 0 Å². The average molecular weight is 216 g/mol. The summed E-state index contributed by atoms with van der Waals surface area (Å²) in [7, 11) is 1.63. The van der Waals surface area contributed by atoms with Crippen LogP contribution in [0.2, 0.25) is 0 Å². The van der Waals surface area contributed by atoms with Gasteiger partial charge >= 0.3 is 0 Å². The van der Waals surface area contributed by atoms with Gasteiger partial charge in [0.25, 0.3) is 0 Å². The lowest BCUT2D eigenvalue weighted by Gasteiger charge is -1.99. The third-order valence-electron chi connectivity index (χ3n) is 2.15. The van der Waals surface area contributed by atoms with Crippen molar-refractivity contribution in [3.63, 3.8) is 0 Å². The summed E-state index contributed by atoms with van der Waals surface area (Å²) in [5.74, 6) is 7.21. The Morgan fingerprint density at radius 2 is 2.00 bits per heavy atom. The minimum atomic E-state index is 0.111. The first-order valence-electron chi connectivity index (χ1n) is 5.27. The van der Waals surface area contributed by atoms with Crippen LogP contribution in [-0.2, 0) is 4.79 Å². The Morgan fingerprint density at radius 1 is 1.38 bits per heavy atom. The molecule has 0 saturated heterocycles. The van der Waals surface area contributed by atoms with Gasteiger partial charge in [0.15, 0.2) is 0 Å². The van der Waals surface area contributed by atoms with Gasteiger partial charge in [-0.2, -0.15) is 0 Å². The Morgan fingerprint density at radius 3 is 2.50 bits per heavy atom. The van der Waals surface area contributed by atoms with Crippen molar-refractivity contribution in [1.29, 1.82) is 0 Å². The molecule has 1 rings (SSSR count). The molecule has 1 aromatic carbocycles. The van der Waals surface area contributed by atoms with E-state index in [2.05, 4.69) is 11.8 Å². The molecular formula is C14H16O2. The number of benzene rings is 1. The van der Waals surface area contributed by atoms with Gasteiger partial charge in [-0.3, -0.25) is 4.79 Å². The van der Waals surface area contributed by atoms with Crippen LogP contribution in [0.25, 0.3) is 0 Å². The molecule has 0 aliphatic carbocycles. The van der Waals surface area contributed by atoms with Crippen molar-refractivity contribution in [3.05, 3.63) is 29.8 Å². The van der Waals surface area contributed by atoms with Crippen LogP contribution < -0.4 is 4.74 Å². The molecular weight excluding hydrogens is 200 g/mol. The lowest BCUT2D eigenvalue weighted by Crippen LogP contribution is -1.98. The fourth-order valence-corrected chi connectivity index (χ4v) is 1.36. The first kappa shape index (κ1) is 12.3. The number of carbonyl (C=O) groups is 1. The van der Waals surface area contributed by atoms with Gasteiger partial charge in [-0.15, -0.1) is 0 Å². The maximum absolute atomic E-state index is 10.9. The van der Waals surface area contributed by atoms with Crippen molar-refractivity contribution < 1.29 is 9.53 Å². The number of hydrogen-bond donors (Lipinski definition) is 0. The number of methoxy groups -OCH3 is 1. The molecule has 0 spiro atoms. The topological polar surface area (TPSA) is 26.3 Å². The second-order valence-corrected chi connectivity index (χ2v) is 3.81. The smallest absolute Gasteiger partial charge is 0.131 e. The van der Waals surface area contributed by atoms with Crippen molar-refractivity contribution in [2.75, 3.05) is 7.11 Å². The molecule has 0 amide bonds. The summed E-state index contributed by atoms with van der Waals surface area (Å²) in [6.07, 6.45) is 0.517. The summed E-state index contributed by atoms with van der Waals surface area (Å²) >= 11 is 0. The minimum Gasteiger partial charge on any atom is -0.497 e. The van der Waals surface area contributed by atoms with E-state index in [-0.39, 0.29) is 11.7 Å². The third-order valence-corrected chi connectivity index (χ3v) is 2.15.